The molecule has 0 saturated carbocycles. The van der Waals surface area contributed by atoms with Crippen molar-refractivity contribution >= 4 is 5.84 Å². The summed E-state index contributed by atoms with van der Waals surface area (Å²) in [5.74, 6) is 0.968. The molecule has 0 atom stereocenters. The number of hydrogen-bond donors (Lipinski definition) is 0. The molecule has 4 nitrogen and oxygen atoms in total. The van der Waals surface area contributed by atoms with Crippen molar-refractivity contribution in [3.8, 4) is 0 Å². The van der Waals surface area contributed by atoms with E-state index < -0.39 is 0 Å². The third-order valence-electron chi connectivity index (χ3n) is 2.22. The van der Waals surface area contributed by atoms with Gasteiger partial charge in [-0.1, -0.05) is 0 Å². The highest BCUT2D eigenvalue weighted by Gasteiger charge is 2.24. The normalized spacial score (nSPS) is 20.2. The fourth-order valence-electron chi connectivity index (χ4n) is 1.56. The van der Waals surface area contributed by atoms with E-state index in [1.807, 2.05) is 35.2 Å². The van der Waals surface area contributed by atoms with Crippen LogP contribution in [0.5, 0.6) is 0 Å². The molecule has 0 amide bonds. The summed E-state index contributed by atoms with van der Waals surface area (Å²) in [7, 11) is 1.96. The van der Waals surface area contributed by atoms with Gasteiger partial charge in [-0.2, -0.15) is 0 Å². The molecule has 2 rings (SSSR count). The van der Waals surface area contributed by atoms with Gasteiger partial charge in [-0.15, -0.1) is 0 Å². The summed E-state index contributed by atoms with van der Waals surface area (Å²) in [6.45, 7) is 1.09. The van der Waals surface area contributed by atoms with Gasteiger partial charge in [-0.25, -0.2) is 10.1 Å². The zero-order chi connectivity index (χ0) is 9.26. The van der Waals surface area contributed by atoms with E-state index >= 15 is 0 Å². The fourth-order valence-corrected chi connectivity index (χ4v) is 1.56. The summed E-state index contributed by atoms with van der Waals surface area (Å²) in [5, 5.41) is 10.5. The first-order valence-electron chi connectivity index (χ1n) is 4.32. The molecule has 2 aliphatic rings. The summed E-state index contributed by atoms with van der Waals surface area (Å²) in [6.07, 6.45) is 5.93. The molecular weight excluding hydrogens is 166 g/mol. The molecule has 2 aliphatic heterocycles. The minimum absolute atomic E-state index is 0.0758. The van der Waals surface area contributed by atoms with Crippen LogP contribution in [0.2, 0.25) is 0 Å². The first-order chi connectivity index (χ1) is 6.33. The molecule has 0 bridgehead atoms. The van der Waals surface area contributed by atoms with Gasteiger partial charge in [0.15, 0.2) is 5.84 Å². The van der Waals surface area contributed by atoms with Gasteiger partial charge in [0.25, 0.3) is 0 Å². The fraction of sp³-hybridized carbons (Fsp3) is 0.444. The molecule has 0 fully saturated rings. The Balaban J connectivity index is 2.19. The quantitative estimate of drug-likeness (QED) is 0.615. The Morgan fingerprint density at radius 1 is 1.62 bits per heavy atom. The second-order valence-corrected chi connectivity index (χ2v) is 3.10. The lowest BCUT2D eigenvalue weighted by atomic mass is 10.2. The number of likely N-dealkylation sites (N-methyl/N-ethyl adjacent to an activating group) is 1. The van der Waals surface area contributed by atoms with Crippen LogP contribution in [0.25, 0.3) is 0 Å². The summed E-state index contributed by atoms with van der Waals surface area (Å²) in [5.41, 5.74) is 1.07. The smallest absolute Gasteiger partial charge is 0.153 e. The Morgan fingerprint density at radius 3 is 3.23 bits per heavy atom. The Morgan fingerprint density at radius 2 is 2.46 bits per heavy atom. The van der Waals surface area contributed by atoms with Crippen molar-refractivity contribution in [2.24, 2.45) is 4.99 Å². The van der Waals surface area contributed by atoms with Crippen molar-refractivity contribution in [1.82, 2.24) is 9.80 Å². The highest BCUT2D eigenvalue weighted by molar-refractivity contribution is 6.00. The summed E-state index contributed by atoms with van der Waals surface area (Å²) in [4.78, 5) is 8.32. The van der Waals surface area contributed by atoms with E-state index in [0.29, 0.717) is 13.2 Å². The van der Waals surface area contributed by atoms with Crippen LogP contribution in [0, 0.1) is 0 Å². The predicted octanol–water partition coefficient (Wildman–Crippen LogP) is 0.431. The van der Waals surface area contributed by atoms with Crippen LogP contribution in [0.4, 0.5) is 0 Å². The SMILES string of the molecule is CN1C=CC=C2C1=NCN2CC[O]. The van der Waals surface area contributed by atoms with Gasteiger partial charge in [0, 0.05) is 19.8 Å². The van der Waals surface area contributed by atoms with Crippen LogP contribution in [0.15, 0.2) is 29.0 Å². The molecule has 0 aliphatic carbocycles. The maximum absolute atomic E-state index is 10.5. The standard InChI is InChI=1S/C9H12N3O/c1-11-4-2-3-8-9(11)10-7-12(8)5-6-13/h2-4H,5-7H2,1H3. The van der Waals surface area contributed by atoms with Crippen LogP contribution in [0.1, 0.15) is 0 Å². The molecule has 69 valence electrons. The van der Waals surface area contributed by atoms with E-state index in [2.05, 4.69) is 4.99 Å². The number of fused-ring (bicyclic) bond motifs is 1. The van der Waals surface area contributed by atoms with Crippen LogP contribution in [-0.2, 0) is 5.11 Å². The highest BCUT2D eigenvalue weighted by atomic mass is 16.3. The molecule has 0 unspecified atom stereocenters. The summed E-state index contributed by atoms with van der Waals surface area (Å²) < 4.78 is 0. The molecule has 0 aromatic heterocycles. The number of hydrogen-bond acceptors (Lipinski definition) is 3. The molecule has 0 saturated heterocycles. The Labute approximate surface area is 77.5 Å². The first-order valence-corrected chi connectivity index (χ1v) is 4.32. The Bertz CT molecular complexity index is 293. The second-order valence-electron chi connectivity index (χ2n) is 3.10. The number of amidine groups is 1. The second kappa shape index (κ2) is 3.22. The first kappa shape index (κ1) is 8.31. The van der Waals surface area contributed by atoms with Crippen molar-refractivity contribution in [2.45, 2.75) is 0 Å². The monoisotopic (exact) mass is 178 g/mol. The lowest BCUT2D eigenvalue weighted by Crippen LogP contribution is -2.30. The van der Waals surface area contributed by atoms with Crippen LogP contribution in [-0.4, -0.2) is 42.5 Å². The van der Waals surface area contributed by atoms with Gasteiger partial charge in [0.2, 0.25) is 0 Å². The third-order valence-corrected chi connectivity index (χ3v) is 2.22. The van der Waals surface area contributed by atoms with Gasteiger partial charge >= 0.3 is 0 Å². The lowest BCUT2D eigenvalue weighted by Gasteiger charge is -2.23. The maximum atomic E-state index is 10.5. The van der Waals surface area contributed by atoms with Gasteiger partial charge in [-0.05, 0) is 12.2 Å². The van der Waals surface area contributed by atoms with Crippen molar-refractivity contribution in [2.75, 3.05) is 26.9 Å². The zero-order valence-corrected chi connectivity index (χ0v) is 7.60. The average Bonchev–Trinajstić information content (AvgIpc) is 2.51. The van der Waals surface area contributed by atoms with E-state index in [-0.39, 0.29) is 6.61 Å². The van der Waals surface area contributed by atoms with E-state index in [0.717, 1.165) is 11.5 Å². The molecule has 0 aromatic carbocycles. The number of rotatable bonds is 2. The van der Waals surface area contributed by atoms with Gasteiger partial charge in [0.05, 0.1) is 12.3 Å². The lowest BCUT2D eigenvalue weighted by molar-refractivity contribution is 0.163. The largest absolute Gasteiger partial charge is 0.347 e. The number of allylic oxidation sites excluding steroid dienone is 2. The Kier molecular flexibility index (Phi) is 2.06. The highest BCUT2D eigenvalue weighted by Crippen LogP contribution is 2.19. The Hall–Kier alpha value is -1.29. The predicted molar refractivity (Wildman–Crippen MR) is 49.5 cm³/mol. The zero-order valence-electron chi connectivity index (χ0n) is 7.60. The minimum atomic E-state index is -0.0758. The maximum Gasteiger partial charge on any atom is 0.153 e. The molecule has 0 aromatic rings. The molecule has 13 heavy (non-hydrogen) atoms. The van der Waals surface area contributed by atoms with Gasteiger partial charge in [-0.3, -0.25) is 0 Å². The van der Waals surface area contributed by atoms with E-state index in [4.69, 9.17) is 0 Å². The molecule has 1 radical (unpaired) electrons. The molecular formula is C9H12N3O. The number of aliphatic imine (C=N–C) groups is 1. The number of nitrogens with zero attached hydrogens (tertiary/aromatic N) is 3. The van der Waals surface area contributed by atoms with E-state index in [1.165, 1.54) is 0 Å². The van der Waals surface area contributed by atoms with Crippen molar-refractivity contribution < 1.29 is 5.11 Å². The van der Waals surface area contributed by atoms with E-state index in [1.54, 1.807) is 0 Å². The topological polar surface area (TPSA) is 38.7 Å². The third kappa shape index (κ3) is 1.33. The van der Waals surface area contributed by atoms with Crippen LogP contribution >= 0.6 is 0 Å². The molecule has 4 heteroatoms. The van der Waals surface area contributed by atoms with E-state index in [9.17, 15) is 5.11 Å². The van der Waals surface area contributed by atoms with Crippen molar-refractivity contribution in [3.05, 3.63) is 24.0 Å². The summed E-state index contributed by atoms with van der Waals surface area (Å²) in [6, 6.07) is 0. The molecule has 0 N–H and O–H groups in total. The molecule has 0 spiro atoms. The van der Waals surface area contributed by atoms with Crippen molar-refractivity contribution in [1.29, 1.82) is 0 Å². The van der Waals surface area contributed by atoms with Crippen LogP contribution < -0.4 is 0 Å². The minimum Gasteiger partial charge on any atom is -0.347 e. The average molecular weight is 178 g/mol. The molecule has 2 heterocycles. The summed E-state index contributed by atoms with van der Waals surface area (Å²) >= 11 is 0. The van der Waals surface area contributed by atoms with Crippen LogP contribution in [0.3, 0.4) is 0 Å². The van der Waals surface area contributed by atoms with Gasteiger partial charge < -0.3 is 9.80 Å². The van der Waals surface area contributed by atoms with Gasteiger partial charge in [0.1, 0.15) is 6.67 Å². The van der Waals surface area contributed by atoms with Crippen molar-refractivity contribution in [3.63, 3.8) is 0 Å².